The molecule has 3 amide bonds. The quantitative estimate of drug-likeness (QED) is 0.925. The van der Waals surface area contributed by atoms with Crippen LogP contribution in [0.3, 0.4) is 0 Å². The zero-order valence-corrected chi connectivity index (χ0v) is 13.7. The first kappa shape index (κ1) is 15.8. The lowest BCUT2D eigenvalue weighted by Gasteiger charge is -2.34. The van der Waals surface area contributed by atoms with Crippen molar-refractivity contribution in [1.29, 1.82) is 0 Å². The first-order chi connectivity index (χ1) is 11.1. The zero-order valence-electron chi connectivity index (χ0n) is 13.7. The Bertz CT molecular complexity index is 569. The van der Waals surface area contributed by atoms with E-state index in [1.165, 1.54) is 0 Å². The van der Waals surface area contributed by atoms with Crippen LogP contribution in [0.15, 0.2) is 24.5 Å². The maximum absolute atomic E-state index is 12.7. The minimum Gasteiger partial charge on any atom is -0.326 e. The molecule has 6 nitrogen and oxygen atoms in total. The Kier molecular flexibility index (Phi) is 4.50. The number of aromatic nitrogens is 1. The molecule has 0 bridgehead atoms. The molecule has 1 saturated carbocycles. The second kappa shape index (κ2) is 6.56. The number of hydrogen-bond acceptors (Lipinski definition) is 3. The second-order valence-corrected chi connectivity index (χ2v) is 6.58. The van der Waals surface area contributed by atoms with Crippen molar-refractivity contribution in [2.24, 2.45) is 0 Å². The molecule has 0 aromatic carbocycles. The van der Waals surface area contributed by atoms with Crippen LogP contribution in [0, 0.1) is 0 Å². The largest absolute Gasteiger partial charge is 0.326 e. The summed E-state index contributed by atoms with van der Waals surface area (Å²) < 4.78 is 0. The van der Waals surface area contributed by atoms with E-state index in [-0.39, 0.29) is 18.0 Å². The Labute approximate surface area is 136 Å². The molecule has 2 aliphatic rings. The number of carbonyl (C=O) groups excluding carboxylic acids is 2. The lowest BCUT2D eigenvalue weighted by molar-refractivity contribution is -0.121. The molecule has 1 aromatic heterocycles. The molecule has 1 aromatic rings. The molecule has 2 fully saturated rings. The summed E-state index contributed by atoms with van der Waals surface area (Å²) >= 11 is 0. The first-order valence-electron chi connectivity index (χ1n) is 8.38. The van der Waals surface area contributed by atoms with Crippen molar-refractivity contribution in [3.8, 4) is 0 Å². The van der Waals surface area contributed by atoms with Crippen molar-refractivity contribution in [3.05, 3.63) is 24.5 Å². The van der Waals surface area contributed by atoms with E-state index in [2.05, 4.69) is 10.3 Å². The fourth-order valence-corrected chi connectivity index (χ4v) is 3.18. The van der Waals surface area contributed by atoms with Gasteiger partial charge in [0, 0.05) is 24.8 Å². The van der Waals surface area contributed by atoms with Gasteiger partial charge in [-0.2, -0.15) is 0 Å². The van der Waals surface area contributed by atoms with Gasteiger partial charge in [0.25, 0.3) is 0 Å². The summed E-state index contributed by atoms with van der Waals surface area (Å²) in [4.78, 5) is 32.9. The van der Waals surface area contributed by atoms with Crippen LogP contribution in [0.5, 0.6) is 0 Å². The topological polar surface area (TPSA) is 65.5 Å². The van der Waals surface area contributed by atoms with Gasteiger partial charge in [-0.3, -0.25) is 9.78 Å². The monoisotopic (exact) mass is 316 g/mol. The van der Waals surface area contributed by atoms with Gasteiger partial charge in [0.15, 0.2) is 0 Å². The summed E-state index contributed by atoms with van der Waals surface area (Å²) in [5, 5.41) is 2.95. The van der Waals surface area contributed by atoms with Crippen LogP contribution in [0.4, 0.5) is 10.5 Å². The van der Waals surface area contributed by atoms with E-state index in [9.17, 15) is 9.59 Å². The molecule has 0 radical (unpaired) electrons. The Morgan fingerprint density at radius 3 is 2.78 bits per heavy atom. The highest BCUT2D eigenvalue weighted by atomic mass is 16.2. The lowest BCUT2D eigenvalue weighted by Crippen LogP contribution is -2.56. The van der Waals surface area contributed by atoms with Gasteiger partial charge in [-0.15, -0.1) is 0 Å². The molecule has 1 aliphatic heterocycles. The van der Waals surface area contributed by atoms with Crippen molar-refractivity contribution in [3.63, 3.8) is 0 Å². The zero-order chi connectivity index (χ0) is 16.4. The van der Waals surface area contributed by atoms with E-state index in [0.717, 1.165) is 24.9 Å². The van der Waals surface area contributed by atoms with Crippen LogP contribution in [-0.2, 0) is 4.79 Å². The van der Waals surface area contributed by atoms with Gasteiger partial charge in [0.05, 0.1) is 11.9 Å². The second-order valence-electron chi connectivity index (χ2n) is 6.58. The van der Waals surface area contributed by atoms with Gasteiger partial charge in [0.1, 0.15) is 6.04 Å². The predicted molar refractivity (Wildman–Crippen MR) is 88.1 cm³/mol. The Hall–Kier alpha value is -2.11. The molecule has 1 saturated heterocycles. The van der Waals surface area contributed by atoms with Crippen molar-refractivity contribution < 1.29 is 9.59 Å². The minimum absolute atomic E-state index is 0.0443. The number of anilines is 1. The van der Waals surface area contributed by atoms with Crippen molar-refractivity contribution in [2.75, 3.05) is 11.4 Å². The maximum atomic E-state index is 12.7. The molecule has 1 atom stereocenters. The number of amides is 3. The van der Waals surface area contributed by atoms with Gasteiger partial charge in [-0.25, -0.2) is 4.79 Å². The third kappa shape index (κ3) is 3.46. The van der Waals surface area contributed by atoms with Gasteiger partial charge in [-0.05, 0) is 51.7 Å². The fourth-order valence-electron chi connectivity index (χ4n) is 3.18. The number of nitrogens with one attached hydrogen (secondary N) is 1. The predicted octanol–water partition coefficient (Wildman–Crippen LogP) is 2.16. The summed E-state index contributed by atoms with van der Waals surface area (Å²) in [6, 6.07) is 3.61. The van der Waals surface area contributed by atoms with Crippen LogP contribution in [0.25, 0.3) is 0 Å². The number of pyridine rings is 1. The molecule has 1 N–H and O–H groups in total. The smallest absolute Gasteiger partial charge is 0.318 e. The third-order valence-corrected chi connectivity index (χ3v) is 4.43. The number of carbonyl (C=O) groups is 2. The van der Waals surface area contributed by atoms with E-state index in [0.29, 0.717) is 19.0 Å². The van der Waals surface area contributed by atoms with E-state index in [4.69, 9.17) is 0 Å². The number of hydrogen-bond donors (Lipinski definition) is 1. The van der Waals surface area contributed by atoms with Crippen LogP contribution in [0.2, 0.25) is 0 Å². The van der Waals surface area contributed by atoms with Crippen molar-refractivity contribution in [2.45, 2.75) is 57.7 Å². The third-order valence-electron chi connectivity index (χ3n) is 4.43. The van der Waals surface area contributed by atoms with Gasteiger partial charge in [-0.1, -0.05) is 0 Å². The van der Waals surface area contributed by atoms with E-state index >= 15 is 0 Å². The van der Waals surface area contributed by atoms with Crippen LogP contribution in [-0.4, -0.2) is 46.5 Å². The minimum atomic E-state index is -0.448. The SMILES string of the molecule is CC(C)N(C(=O)N[C@H]1CCCN(c2cccnc2)C1=O)C1CC1. The van der Waals surface area contributed by atoms with Crippen molar-refractivity contribution >= 4 is 17.6 Å². The maximum Gasteiger partial charge on any atom is 0.318 e. The van der Waals surface area contributed by atoms with E-state index in [1.54, 1.807) is 17.3 Å². The highest BCUT2D eigenvalue weighted by Gasteiger charge is 2.37. The molecule has 124 valence electrons. The lowest BCUT2D eigenvalue weighted by atomic mass is 10.0. The van der Waals surface area contributed by atoms with E-state index in [1.807, 2.05) is 30.9 Å². The summed E-state index contributed by atoms with van der Waals surface area (Å²) in [6.07, 6.45) is 7.06. The highest BCUT2D eigenvalue weighted by Crippen LogP contribution is 2.29. The summed E-state index contributed by atoms with van der Waals surface area (Å²) in [6.45, 7) is 4.71. The molecule has 1 aliphatic carbocycles. The van der Waals surface area contributed by atoms with Crippen LogP contribution in [0.1, 0.15) is 39.5 Å². The average Bonchev–Trinajstić information content (AvgIpc) is 3.35. The summed E-state index contributed by atoms with van der Waals surface area (Å²) in [5.41, 5.74) is 0.791. The Balaban J connectivity index is 1.68. The molecule has 2 heterocycles. The van der Waals surface area contributed by atoms with Gasteiger partial charge < -0.3 is 15.1 Å². The molecule has 0 spiro atoms. The summed E-state index contributed by atoms with van der Waals surface area (Å²) in [5.74, 6) is -0.0443. The molecule has 3 rings (SSSR count). The molecule has 6 heteroatoms. The molecule has 23 heavy (non-hydrogen) atoms. The Morgan fingerprint density at radius 1 is 1.39 bits per heavy atom. The highest BCUT2D eigenvalue weighted by molar-refractivity contribution is 5.99. The molecule has 0 unspecified atom stereocenters. The normalized spacial score (nSPS) is 21.4. The van der Waals surface area contributed by atoms with Crippen molar-refractivity contribution in [1.82, 2.24) is 15.2 Å². The van der Waals surface area contributed by atoms with Gasteiger partial charge >= 0.3 is 6.03 Å². The molecular formula is C17H24N4O2. The van der Waals surface area contributed by atoms with Gasteiger partial charge in [0.2, 0.25) is 5.91 Å². The number of nitrogens with zero attached hydrogens (tertiary/aromatic N) is 3. The van der Waals surface area contributed by atoms with Crippen LogP contribution < -0.4 is 10.2 Å². The number of urea groups is 1. The molecular weight excluding hydrogens is 292 g/mol. The number of piperidine rings is 1. The standard InChI is InChI=1S/C17H24N4O2/c1-12(2)21(13-7-8-13)17(23)19-15-6-4-10-20(16(15)22)14-5-3-9-18-11-14/h3,5,9,11-13,15H,4,6-8,10H2,1-2H3,(H,19,23)/t15-/m0/s1. The fraction of sp³-hybridized carbons (Fsp3) is 0.588. The average molecular weight is 316 g/mol. The Morgan fingerprint density at radius 2 is 2.17 bits per heavy atom. The number of rotatable bonds is 4. The van der Waals surface area contributed by atoms with E-state index < -0.39 is 6.04 Å². The van der Waals surface area contributed by atoms with Crippen LogP contribution >= 0.6 is 0 Å². The first-order valence-corrected chi connectivity index (χ1v) is 8.38. The summed E-state index contributed by atoms with van der Waals surface area (Å²) in [7, 11) is 0.